The lowest BCUT2D eigenvalue weighted by Crippen LogP contribution is -2.62. The highest BCUT2D eigenvalue weighted by molar-refractivity contribution is 5.79. The third-order valence-electron chi connectivity index (χ3n) is 4.03. The van der Waals surface area contributed by atoms with E-state index in [2.05, 4.69) is 33.0 Å². The maximum Gasteiger partial charge on any atom is 0.324 e. The molecule has 1 saturated carbocycles. The van der Waals surface area contributed by atoms with E-state index >= 15 is 0 Å². The molecule has 0 aliphatic heterocycles. The Morgan fingerprint density at radius 2 is 2.06 bits per heavy atom. The third kappa shape index (κ3) is 3.01. The van der Waals surface area contributed by atoms with Crippen LogP contribution in [0.25, 0.3) is 0 Å². The lowest BCUT2D eigenvalue weighted by Gasteiger charge is -2.48. The molecule has 1 aliphatic carbocycles. The zero-order valence-corrected chi connectivity index (χ0v) is 11.7. The van der Waals surface area contributed by atoms with Crippen LogP contribution in [0.5, 0.6) is 0 Å². The number of hydrogen-bond acceptors (Lipinski definition) is 2. The third-order valence-corrected chi connectivity index (χ3v) is 4.03. The highest BCUT2D eigenvalue weighted by Crippen LogP contribution is 2.44. The van der Waals surface area contributed by atoms with E-state index in [1.54, 1.807) is 0 Å². The number of rotatable bonds is 4. The summed E-state index contributed by atoms with van der Waals surface area (Å²) >= 11 is 0. The minimum absolute atomic E-state index is 0.0412. The second-order valence-electron chi connectivity index (χ2n) is 6.37. The van der Waals surface area contributed by atoms with Crippen molar-refractivity contribution in [3.05, 3.63) is 0 Å². The van der Waals surface area contributed by atoms with Crippen LogP contribution in [0.2, 0.25) is 0 Å². The maximum absolute atomic E-state index is 11.8. The zero-order valence-electron chi connectivity index (χ0n) is 11.7. The molecule has 1 rings (SSSR count). The number of nitrogens with one attached hydrogen (secondary N) is 1. The van der Waals surface area contributed by atoms with Crippen molar-refractivity contribution >= 4 is 5.97 Å². The number of hydrogen-bond donors (Lipinski definition) is 2. The molecule has 0 spiro atoms. The molecule has 0 radical (unpaired) electrons. The second kappa shape index (κ2) is 5.38. The van der Waals surface area contributed by atoms with E-state index in [1.165, 1.54) is 0 Å². The Morgan fingerprint density at radius 3 is 2.53 bits per heavy atom. The van der Waals surface area contributed by atoms with Crippen molar-refractivity contribution in [2.75, 3.05) is 6.54 Å². The summed E-state index contributed by atoms with van der Waals surface area (Å²) in [5, 5.41) is 13.0. The van der Waals surface area contributed by atoms with Gasteiger partial charge in [-0.3, -0.25) is 4.79 Å². The van der Waals surface area contributed by atoms with Crippen molar-refractivity contribution in [1.29, 1.82) is 0 Å². The van der Waals surface area contributed by atoms with E-state index in [0.717, 1.165) is 38.6 Å². The quantitative estimate of drug-likeness (QED) is 0.795. The molecule has 1 fully saturated rings. The summed E-state index contributed by atoms with van der Waals surface area (Å²) in [7, 11) is 0. The summed E-state index contributed by atoms with van der Waals surface area (Å²) in [5.74, 6) is -0.446. The monoisotopic (exact) mass is 241 g/mol. The van der Waals surface area contributed by atoms with Crippen molar-refractivity contribution in [2.45, 2.75) is 65.3 Å². The SMILES string of the molecule is CCCNC1(C(=O)O)CCCCC1C(C)(C)C. The van der Waals surface area contributed by atoms with Crippen LogP contribution >= 0.6 is 0 Å². The molecule has 3 nitrogen and oxygen atoms in total. The summed E-state index contributed by atoms with van der Waals surface area (Å²) in [5.41, 5.74) is -0.661. The molecule has 2 atom stereocenters. The Bertz CT molecular complexity index is 270. The van der Waals surface area contributed by atoms with Crippen LogP contribution in [0.4, 0.5) is 0 Å². The molecule has 0 aromatic heterocycles. The average molecular weight is 241 g/mol. The van der Waals surface area contributed by atoms with Gasteiger partial charge in [0.1, 0.15) is 5.54 Å². The van der Waals surface area contributed by atoms with Gasteiger partial charge in [-0.2, -0.15) is 0 Å². The fourth-order valence-corrected chi connectivity index (χ4v) is 3.24. The van der Waals surface area contributed by atoms with Crippen molar-refractivity contribution < 1.29 is 9.90 Å². The predicted octanol–water partition coefficient (Wildman–Crippen LogP) is 3.05. The summed E-state index contributed by atoms with van der Waals surface area (Å²) in [6.45, 7) is 9.35. The fraction of sp³-hybridized carbons (Fsp3) is 0.929. The normalized spacial score (nSPS) is 30.2. The van der Waals surface area contributed by atoms with Crippen molar-refractivity contribution in [3.63, 3.8) is 0 Å². The van der Waals surface area contributed by atoms with Crippen molar-refractivity contribution in [3.8, 4) is 0 Å². The van der Waals surface area contributed by atoms with Gasteiger partial charge in [0.15, 0.2) is 0 Å². The molecule has 0 heterocycles. The molecule has 0 saturated heterocycles. The van der Waals surface area contributed by atoms with Crippen LogP contribution in [0.1, 0.15) is 59.8 Å². The van der Waals surface area contributed by atoms with Crippen LogP contribution < -0.4 is 5.32 Å². The predicted molar refractivity (Wildman–Crippen MR) is 70.1 cm³/mol. The van der Waals surface area contributed by atoms with Crippen LogP contribution in [0.15, 0.2) is 0 Å². The molecule has 3 heteroatoms. The molecule has 100 valence electrons. The first-order valence-electron chi connectivity index (χ1n) is 6.83. The van der Waals surface area contributed by atoms with E-state index in [-0.39, 0.29) is 11.3 Å². The zero-order chi connectivity index (χ0) is 13.1. The Labute approximate surface area is 105 Å². The standard InChI is InChI=1S/C14H27NO2/c1-5-10-15-14(12(16)17)9-7-6-8-11(14)13(2,3)4/h11,15H,5-10H2,1-4H3,(H,16,17). The number of carboxylic acids is 1. The first kappa shape index (κ1) is 14.5. The molecule has 0 aromatic carbocycles. The van der Waals surface area contributed by atoms with E-state index in [1.807, 2.05) is 0 Å². The molecular formula is C14H27NO2. The van der Waals surface area contributed by atoms with Gasteiger partial charge in [0.2, 0.25) is 0 Å². The minimum Gasteiger partial charge on any atom is -0.480 e. The van der Waals surface area contributed by atoms with Gasteiger partial charge in [0.05, 0.1) is 0 Å². The summed E-state index contributed by atoms with van der Waals surface area (Å²) in [6, 6.07) is 0. The average Bonchev–Trinajstić information content (AvgIpc) is 2.25. The molecule has 0 amide bonds. The van der Waals surface area contributed by atoms with E-state index < -0.39 is 11.5 Å². The molecule has 1 aliphatic rings. The molecule has 2 unspecified atom stereocenters. The topological polar surface area (TPSA) is 49.3 Å². The molecule has 0 aromatic rings. The van der Waals surface area contributed by atoms with Gasteiger partial charge in [0, 0.05) is 0 Å². The fourth-order valence-electron chi connectivity index (χ4n) is 3.24. The summed E-state index contributed by atoms with van der Waals surface area (Å²) < 4.78 is 0. The van der Waals surface area contributed by atoms with Crippen LogP contribution in [-0.2, 0) is 4.79 Å². The number of aliphatic carboxylic acids is 1. The van der Waals surface area contributed by atoms with Gasteiger partial charge in [-0.05, 0) is 37.1 Å². The maximum atomic E-state index is 11.8. The lowest BCUT2D eigenvalue weighted by molar-refractivity contribution is -0.152. The Morgan fingerprint density at radius 1 is 1.41 bits per heavy atom. The number of carbonyl (C=O) groups is 1. The Balaban J connectivity index is 3.00. The van der Waals surface area contributed by atoms with Crippen LogP contribution in [-0.4, -0.2) is 23.2 Å². The van der Waals surface area contributed by atoms with Gasteiger partial charge in [-0.15, -0.1) is 0 Å². The first-order chi connectivity index (χ1) is 7.84. The van der Waals surface area contributed by atoms with Crippen LogP contribution in [0.3, 0.4) is 0 Å². The molecule has 2 N–H and O–H groups in total. The second-order valence-corrected chi connectivity index (χ2v) is 6.37. The molecular weight excluding hydrogens is 214 g/mol. The lowest BCUT2D eigenvalue weighted by atomic mass is 9.62. The molecule has 17 heavy (non-hydrogen) atoms. The first-order valence-corrected chi connectivity index (χ1v) is 6.83. The van der Waals surface area contributed by atoms with Crippen molar-refractivity contribution in [1.82, 2.24) is 5.32 Å². The number of carboxylic acid groups (broad SMARTS) is 1. The van der Waals surface area contributed by atoms with Gasteiger partial charge in [0.25, 0.3) is 0 Å². The van der Waals surface area contributed by atoms with Gasteiger partial charge < -0.3 is 10.4 Å². The van der Waals surface area contributed by atoms with E-state index in [4.69, 9.17) is 0 Å². The molecule has 0 bridgehead atoms. The van der Waals surface area contributed by atoms with E-state index in [9.17, 15) is 9.90 Å². The Kier molecular flexibility index (Phi) is 4.59. The van der Waals surface area contributed by atoms with Gasteiger partial charge in [-0.25, -0.2) is 0 Å². The summed E-state index contributed by atoms with van der Waals surface area (Å²) in [4.78, 5) is 11.8. The largest absolute Gasteiger partial charge is 0.480 e. The minimum atomic E-state index is -0.702. The van der Waals surface area contributed by atoms with Crippen molar-refractivity contribution in [2.24, 2.45) is 11.3 Å². The van der Waals surface area contributed by atoms with E-state index in [0.29, 0.717) is 0 Å². The highest BCUT2D eigenvalue weighted by atomic mass is 16.4. The highest BCUT2D eigenvalue weighted by Gasteiger charge is 2.50. The Hall–Kier alpha value is -0.570. The van der Waals surface area contributed by atoms with Gasteiger partial charge >= 0.3 is 5.97 Å². The van der Waals surface area contributed by atoms with Gasteiger partial charge in [-0.1, -0.05) is 40.5 Å². The van der Waals surface area contributed by atoms with Crippen LogP contribution in [0, 0.1) is 11.3 Å². The smallest absolute Gasteiger partial charge is 0.324 e. The summed E-state index contributed by atoms with van der Waals surface area (Å²) in [6.07, 6.45) is 4.95.